The Morgan fingerprint density at radius 3 is 2.15 bits per heavy atom. The van der Waals surface area contributed by atoms with Crippen LogP contribution in [0.1, 0.15) is 15.9 Å². The Balaban J connectivity index is 2.10. The second-order valence-electron chi connectivity index (χ2n) is 4.48. The highest BCUT2D eigenvalue weighted by Gasteiger charge is 2.14. The fraction of sp³-hybridized carbons (Fsp3) is 0. The van der Waals surface area contributed by atoms with E-state index in [2.05, 4.69) is 4.98 Å². The van der Waals surface area contributed by atoms with Crippen LogP contribution in [0.15, 0.2) is 79.1 Å². The Bertz CT molecular complexity index is 721. The van der Waals surface area contributed by atoms with Gasteiger partial charge in [0.1, 0.15) is 0 Å². The zero-order chi connectivity index (χ0) is 13.8. The average molecular weight is 259 g/mol. The Morgan fingerprint density at radius 1 is 0.800 bits per heavy atom. The lowest BCUT2D eigenvalue weighted by atomic mass is 9.96. The summed E-state index contributed by atoms with van der Waals surface area (Å²) in [7, 11) is 0. The van der Waals surface area contributed by atoms with Crippen molar-refractivity contribution in [2.45, 2.75) is 0 Å². The molecule has 0 radical (unpaired) electrons. The third kappa shape index (κ3) is 2.36. The molecule has 2 nitrogen and oxygen atoms in total. The van der Waals surface area contributed by atoms with Gasteiger partial charge in [-0.1, -0.05) is 60.7 Å². The molecule has 0 saturated heterocycles. The Morgan fingerprint density at radius 2 is 1.45 bits per heavy atom. The molecule has 0 aliphatic heterocycles. The first-order chi connectivity index (χ1) is 9.86. The van der Waals surface area contributed by atoms with E-state index in [0.717, 1.165) is 11.1 Å². The van der Waals surface area contributed by atoms with Gasteiger partial charge in [0, 0.05) is 29.1 Å². The van der Waals surface area contributed by atoms with Gasteiger partial charge in [-0.15, -0.1) is 0 Å². The standard InChI is InChI=1S/C18H13NO/c20-18(15-9-5-2-6-10-15)16-11-12-19-13-17(16)14-7-3-1-4-8-14/h1-13H. The predicted octanol–water partition coefficient (Wildman–Crippen LogP) is 3.98. The summed E-state index contributed by atoms with van der Waals surface area (Å²) in [5.74, 6) is 0.0202. The molecule has 0 spiro atoms. The lowest BCUT2D eigenvalue weighted by Gasteiger charge is -2.08. The molecule has 0 bridgehead atoms. The quantitative estimate of drug-likeness (QED) is 0.666. The number of carbonyl (C=O) groups is 1. The Labute approximate surface area is 117 Å². The number of nitrogens with zero attached hydrogens (tertiary/aromatic N) is 1. The predicted molar refractivity (Wildman–Crippen MR) is 79.5 cm³/mol. The molecule has 0 atom stereocenters. The van der Waals surface area contributed by atoms with Gasteiger partial charge in [0.25, 0.3) is 0 Å². The van der Waals surface area contributed by atoms with E-state index < -0.39 is 0 Å². The minimum absolute atomic E-state index is 0.0202. The fourth-order valence-corrected chi connectivity index (χ4v) is 2.19. The normalized spacial score (nSPS) is 10.2. The number of ketones is 1. The van der Waals surface area contributed by atoms with Gasteiger partial charge in [-0.05, 0) is 11.6 Å². The van der Waals surface area contributed by atoms with Gasteiger partial charge < -0.3 is 0 Å². The summed E-state index contributed by atoms with van der Waals surface area (Å²) >= 11 is 0. The summed E-state index contributed by atoms with van der Waals surface area (Å²) in [6.07, 6.45) is 3.40. The van der Waals surface area contributed by atoms with E-state index in [0.29, 0.717) is 11.1 Å². The lowest BCUT2D eigenvalue weighted by Crippen LogP contribution is -2.03. The smallest absolute Gasteiger partial charge is 0.193 e. The highest BCUT2D eigenvalue weighted by Crippen LogP contribution is 2.24. The van der Waals surface area contributed by atoms with Crippen molar-refractivity contribution < 1.29 is 4.79 Å². The van der Waals surface area contributed by atoms with Crippen molar-refractivity contribution in [2.75, 3.05) is 0 Å². The van der Waals surface area contributed by atoms with E-state index in [-0.39, 0.29) is 5.78 Å². The summed E-state index contributed by atoms with van der Waals surface area (Å²) in [6, 6.07) is 20.9. The maximum absolute atomic E-state index is 12.6. The first-order valence-corrected chi connectivity index (χ1v) is 6.45. The molecule has 0 aliphatic carbocycles. The molecule has 1 heterocycles. The van der Waals surface area contributed by atoms with E-state index >= 15 is 0 Å². The molecule has 3 aromatic rings. The van der Waals surface area contributed by atoms with E-state index in [1.807, 2.05) is 60.7 Å². The monoisotopic (exact) mass is 259 g/mol. The van der Waals surface area contributed by atoms with Crippen molar-refractivity contribution in [2.24, 2.45) is 0 Å². The first-order valence-electron chi connectivity index (χ1n) is 6.45. The second-order valence-corrected chi connectivity index (χ2v) is 4.48. The molecule has 1 aromatic heterocycles. The van der Waals surface area contributed by atoms with Gasteiger partial charge in [-0.3, -0.25) is 9.78 Å². The molecule has 96 valence electrons. The molecule has 0 saturated carbocycles. The zero-order valence-corrected chi connectivity index (χ0v) is 10.9. The van der Waals surface area contributed by atoms with Crippen LogP contribution < -0.4 is 0 Å². The molecule has 0 fully saturated rings. The van der Waals surface area contributed by atoms with Gasteiger partial charge in [-0.2, -0.15) is 0 Å². The Hall–Kier alpha value is -2.74. The maximum Gasteiger partial charge on any atom is 0.193 e. The van der Waals surface area contributed by atoms with Gasteiger partial charge in [0.15, 0.2) is 5.78 Å². The van der Waals surface area contributed by atoms with E-state index in [1.165, 1.54) is 0 Å². The van der Waals surface area contributed by atoms with Crippen molar-refractivity contribution in [1.29, 1.82) is 0 Å². The van der Waals surface area contributed by atoms with Crippen LogP contribution >= 0.6 is 0 Å². The van der Waals surface area contributed by atoms with E-state index in [9.17, 15) is 4.79 Å². The molecular formula is C18H13NO. The minimum Gasteiger partial charge on any atom is -0.289 e. The van der Waals surface area contributed by atoms with Gasteiger partial charge in [-0.25, -0.2) is 0 Å². The van der Waals surface area contributed by atoms with Crippen molar-refractivity contribution in [3.8, 4) is 11.1 Å². The molecule has 0 N–H and O–H groups in total. The first kappa shape index (κ1) is 12.3. The number of carbonyl (C=O) groups excluding carboxylic acids is 1. The summed E-state index contributed by atoms with van der Waals surface area (Å²) in [4.78, 5) is 16.8. The summed E-state index contributed by atoms with van der Waals surface area (Å²) in [6.45, 7) is 0. The highest BCUT2D eigenvalue weighted by molar-refractivity contribution is 6.12. The molecule has 0 aliphatic rings. The molecule has 20 heavy (non-hydrogen) atoms. The minimum atomic E-state index is 0.0202. The van der Waals surface area contributed by atoms with Gasteiger partial charge >= 0.3 is 0 Å². The van der Waals surface area contributed by atoms with Crippen LogP contribution in [-0.2, 0) is 0 Å². The molecule has 0 unspecified atom stereocenters. The molecule has 2 heteroatoms. The number of rotatable bonds is 3. The Kier molecular flexibility index (Phi) is 3.38. The molecule has 0 amide bonds. The van der Waals surface area contributed by atoms with Crippen molar-refractivity contribution in [3.63, 3.8) is 0 Å². The van der Waals surface area contributed by atoms with Crippen LogP contribution in [0, 0.1) is 0 Å². The summed E-state index contributed by atoms with van der Waals surface area (Å²) in [5, 5.41) is 0. The topological polar surface area (TPSA) is 30.0 Å². The van der Waals surface area contributed by atoms with Crippen LogP contribution in [0.3, 0.4) is 0 Å². The SMILES string of the molecule is O=C(c1ccccc1)c1ccncc1-c1ccccc1. The van der Waals surface area contributed by atoms with Crippen LogP contribution in [0.2, 0.25) is 0 Å². The van der Waals surface area contributed by atoms with E-state index in [4.69, 9.17) is 0 Å². The fourth-order valence-electron chi connectivity index (χ4n) is 2.19. The second kappa shape index (κ2) is 5.49. The van der Waals surface area contributed by atoms with Gasteiger partial charge in [0.2, 0.25) is 0 Å². The van der Waals surface area contributed by atoms with Crippen LogP contribution in [-0.4, -0.2) is 10.8 Å². The van der Waals surface area contributed by atoms with Crippen LogP contribution in [0.25, 0.3) is 11.1 Å². The number of pyridine rings is 1. The van der Waals surface area contributed by atoms with Crippen molar-refractivity contribution >= 4 is 5.78 Å². The van der Waals surface area contributed by atoms with Gasteiger partial charge in [0.05, 0.1) is 0 Å². The highest BCUT2D eigenvalue weighted by atomic mass is 16.1. The van der Waals surface area contributed by atoms with Crippen LogP contribution in [0.4, 0.5) is 0 Å². The molecule has 3 rings (SSSR count). The number of benzene rings is 2. The third-order valence-corrected chi connectivity index (χ3v) is 3.19. The van der Waals surface area contributed by atoms with E-state index in [1.54, 1.807) is 18.5 Å². The number of aromatic nitrogens is 1. The summed E-state index contributed by atoms with van der Waals surface area (Å²) < 4.78 is 0. The maximum atomic E-state index is 12.6. The summed E-state index contributed by atoms with van der Waals surface area (Å²) in [5.41, 5.74) is 3.23. The number of hydrogen-bond donors (Lipinski definition) is 0. The largest absolute Gasteiger partial charge is 0.289 e. The number of hydrogen-bond acceptors (Lipinski definition) is 2. The molecular weight excluding hydrogens is 246 g/mol. The average Bonchev–Trinajstić information content (AvgIpc) is 2.56. The molecule has 2 aromatic carbocycles. The zero-order valence-electron chi connectivity index (χ0n) is 10.9. The lowest BCUT2D eigenvalue weighted by molar-refractivity contribution is 0.103. The van der Waals surface area contributed by atoms with Crippen molar-refractivity contribution in [3.05, 3.63) is 90.3 Å². The third-order valence-electron chi connectivity index (χ3n) is 3.19. The van der Waals surface area contributed by atoms with Crippen molar-refractivity contribution in [1.82, 2.24) is 4.98 Å². The van der Waals surface area contributed by atoms with Crippen LogP contribution in [0.5, 0.6) is 0 Å².